The van der Waals surface area contributed by atoms with Crippen LogP contribution in [-0.4, -0.2) is 48.6 Å². The minimum atomic E-state index is -0.112. The maximum atomic E-state index is 11.3. The lowest BCUT2D eigenvalue weighted by Crippen LogP contribution is -2.46. The third kappa shape index (κ3) is 5.06. The number of rotatable bonds is 4. The Morgan fingerprint density at radius 1 is 1.26 bits per heavy atom. The standard InChI is InChI=1S/C16H23ClN4OS/c1-3-15(22)19-16(23)18-12-5-6-14(13(17)11-12)21-9-7-20(4-2)8-10-21/h5-6,11H,3-4,7-10H2,1-2H3,(H2,18,19,22,23). The zero-order valence-electron chi connectivity index (χ0n) is 13.6. The number of nitrogens with zero attached hydrogens (tertiary/aromatic N) is 2. The van der Waals surface area contributed by atoms with Gasteiger partial charge in [-0.25, -0.2) is 0 Å². The van der Waals surface area contributed by atoms with E-state index in [1.807, 2.05) is 18.2 Å². The second-order valence-corrected chi connectivity index (χ2v) is 6.26. The van der Waals surface area contributed by atoms with Crippen molar-refractivity contribution in [3.05, 3.63) is 23.2 Å². The number of anilines is 2. The van der Waals surface area contributed by atoms with Crippen molar-refractivity contribution in [2.75, 3.05) is 42.9 Å². The predicted molar refractivity (Wildman–Crippen MR) is 100 cm³/mol. The molecule has 1 aliphatic heterocycles. The molecule has 7 heteroatoms. The van der Waals surface area contributed by atoms with Crippen LogP contribution in [0.25, 0.3) is 0 Å². The molecule has 0 saturated carbocycles. The Labute approximate surface area is 148 Å². The molecule has 126 valence electrons. The topological polar surface area (TPSA) is 47.6 Å². The number of carbonyl (C=O) groups is 1. The summed E-state index contributed by atoms with van der Waals surface area (Å²) in [7, 11) is 0. The molecule has 1 heterocycles. The van der Waals surface area contributed by atoms with Crippen molar-refractivity contribution >= 4 is 46.2 Å². The van der Waals surface area contributed by atoms with Crippen molar-refractivity contribution < 1.29 is 4.79 Å². The molecule has 23 heavy (non-hydrogen) atoms. The van der Waals surface area contributed by atoms with Crippen LogP contribution in [0.4, 0.5) is 11.4 Å². The molecular formula is C16H23ClN4OS. The van der Waals surface area contributed by atoms with Crippen LogP contribution in [0.15, 0.2) is 18.2 Å². The summed E-state index contributed by atoms with van der Waals surface area (Å²) in [5, 5.41) is 6.57. The van der Waals surface area contributed by atoms with Gasteiger partial charge >= 0.3 is 0 Å². The zero-order chi connectivity index (χ0) is 16.8. The van der Waals surface area contributed by atoms with Crippen molar-refractivity contribution in [2.24, 2.45) is 0 Å². The summed E-state index contributed by atoms with van der Waals surface area (Å²) >= 11 is 11.5. The fourth-order valence-corrected chi connectivity index (χ4v) is 3.06. The largest absolute Gasteiger partial charge is 0.368 e. The van der Waals surface area contributed by atoms with Crippen LogP contribution in [0, 0.1) is 0 Å². The number of hydrogen-bond donors (Lipinski definition) is 2. The zero-order valence-corrected chi connectivity index (χ0v) is 15.1. The highest BCUT2D eigenvalue weighted by molar-refractivity contribution is 7.80. The summed E-state index contributed by atoms with van der Waals surface area (Å²) < 4.78 is 0. The van der Waals surface area contributed by atoms with Gasteiger partial charge in [-0.15, -0.1) is 0 Å². The van der Waals surface area contributed by atoms with Crippen molar-refractivity contribution in [1.82, 2.24) is 10.2 Å². The molecule has 2 N–H and O–H groups in total. The van der Waals surface area contributed by atoms with Gasteiger partial charge in [0.05, 0.1) is 10.7 Å². The summed E-state index contributed by atoms with van der Waals surface area (Å²) in [5.74, 6) is -0.112. The highest BCUT2D eigenvalue weighted by atomic mass is 35.5. The molecule has 1 fully saturated rings. The number of halogens is 1. The van der Waals surface area contributed by atoms with E-state index >= 15 is 0 Å². The summed E-state index contributed by atoms with van der Waals surface area (Å²) in [6.45, 7) is 9.12. The van der Waals surface area contributed by atoms with Crippen molar-refractivity contribution in [3.8, 4) is 0 Å². The molecule has 0 spiro atoms. The summed E-state index contributed by atoms with van der Waals surface area (Å²) in [5.41, 5.74) is 1.81. The lowest BCUT2D eigenvalue weighted by atomic mass is 10.2. The van der Waals surface area contributed by atoms with E-state index < -0.39 is 0 Å². The molecule has 1 aromatic carbocycles. The maximum absolute atomic E-state index is 11.3. The average molecular weight is 355 g/mol. The van der Waals surface area contributed by atoms with Crippen LogP contribution in [0.3, 0.4) is 0 Å². The first-order valence-electron chi connectivity index (χ1n) is 7.91. The first kappa shape index (κ1) is 18.0. The number of hydrogen-bond acceptors (Lipinski definition) is 4. The van der Waals surface area contributed by atoms with Crippen LogP contribution >= 0.6 is 23.8 Å². The highest BCUT2D eigenvalue weighted by Crippen LogP contribution is 2.29. The highest BCUT2D eigenvalue weighted by Gasteiger charge is 2.18. The molecule has 5 nitrogen and oxygen atoms in total. The molecule has 0 aliphatic carbocycles. The molecule has 1 amide bonds. The minimum Gasteiger partial charge on any atom is -0.368 e. The number of nitrogens with one attached hydrogen (secondary N) is 2. The van der Waals surface area contributed by atoms with Crippen molar-refractivity contribution in [2.45, 2.75) is 20.3 Å². The Hall–Kier alpha value is -1.37. The second kappa shape index (κ2) is 8.47. The average Bonchev–Trinajstić information content (AvgIpc) is 2.55. The Kier molecular flexibility index (Phi) is 6.62. The molecule has 2 rings (SSSR count). The van der Waals surface area contributed by atoms with E-state index in [2.05, 4.69) is 27.4 Å². The SMILES string of the molecule is CCC(=O)NC(=S)Nc1ccc(N2CCN(CC)CC2)c(Cl)c1. The summed E-state index contributed by atoms with van der Waals surface area (Å²) in [4.78, 5) is 16.0. The summed E-state index contributed by atoms with van der Waals surface area (Å²) in [6.07, 6.45) is 0.394. The lowest BCUT2D eigenvalue weighted by molar-refractivity contribution is -0.119. The van der Waals surface area contributed by atoms with Gasteiger partial charge in [-0.2, -0.15) is 0 Å². The van der Waals surface area contributed by atoms with Gasteiger partial charge in [0, 0.05) is 38.3 Å². The van der Waals surface area contributed by atoms with Crippen LogP contribution in [0.1, 0.15) is 20.3 Å². The van der Waals surface area contributed by atoms with E-state index in [-0.39, 0.29) is 11.0 Å². The number of piperazine rings is 1. The van der Waals surface area contributed by atoms with Crippen LogP contribution in [0.2, 0.25) is 5.02 Å². The van der Waals surface area contributed by atoms with Crippen LogP contribution < -0.4 is 15.5 Å². The fraction of sp³-hybridized carbons (Fsp3) is 0.500. The first-order chi connectivity index (χ1) is 11.0. The van der Waals surface area contributed by atoms with E-state index in [1.54, 1.807) is 6.92 Å². The molecular weight excluding hydrogens is 332 g/mol. The Morgan fingerprint density at radius 2 is 1.96 bits per heavy atom. The second-order valence-electron chi connectivity index (χ2n) is 5.44. The van der Waals surface area contributed by atoms with Gasteiger partial charge in [0.25, 0.3) is 0 Å². The lowest BCUT2D eigenvalue weighted by Gasteiger charge is -2.36. The number of benzene rings is 1. The normalized spacial score (nSPS) is 15.3. The molecule has 1 aliphatic rings. The van der Waals surface area contributed by atoms with E-state index in [4.69, 9.17) is 23.8 Å². The Bertz CT molecular complexity index is 573. The summed E-state index contributed by atoms with van der Waals surface area (Å²) in [6, 6.07) is 5.77. The molecule has 1 aromatic rings. The number of thiocarbonyl (C=S) groups is 1. The van der Waals surface area contributed by atoms with Gasteiger partial charge in [-0.05, 0) is 37.0 Å². The van der Waals surface area contributed by atoms with Crippen molar-refractivity contribution in [3.63, 3.8) is 0 Å². The number of carbonyl (C=O) groups excluding carboxylic acids is 1. The van der Waals surface area contributed by atoms with Gasteiger partial charge in [0.1, 0.15) is 0 Å². The molecule has 0 atom stereocenters. The van der Waals surface area contributed by atoms with Gasteiger partial charge < -0.3 is 20.4 Å². The molecule has 0 radical (unpaired) electrons. The van der Waals surface area contributed by atoms with Gasteiger partial charge in [0.15, 0.2) is 5.11 Å². The third-order valence-electron chi connectivity index (χ3n) is 3.94. The number of likely N-dealkylation sites (N-methyl/N-ethyl adjacent to an activating group) is 1. The minimum absolute atomic E-state index is 0.112. The quantitative estimate of drug-likeness (QED) is 0.814. The Morgan fingerprint density at radius 3 is 2.52 bits per heavy atom. The van der Waals surface area contributed by atoms with Gasteiger partial charge in [-0.1, -0.05) is 25.4 Å². The van der Waals surface area contributed by atoms with E-state index in [1.165, 1.54) is 0 Å². The monoisotopic (exact) mass is 354 g/mol. The molecule has 0 aromatic heterocycles. The van der Waals surface area contributed by atoms with Crippen molar-refractivity contribution in [1.29, 1.82) is 0 Å². The fourth-order valence-electron chi connectivity index (χ4n) is 2.52. The molecule has 0 bridgehead atoms. The number of amides is 1. The maximum Gasteiger partial charge on any atom is 0.225 e. The van der Waals surface area contributed by atoms with Crippen LogP contribution in [0.5, 0.6) is 0 Å². The van der Waals surface area contributed by atoms with E-state index in [0.717, 1.165) is 44.1 Å². The third-order valence-corrected chi connectivity index (χ3v) is 4.45. The molecule has 1 saturated heterocycles. The predicted octanol–water partition coefficient (Wildman–Crippen LogP) is 2.70. The van der Waals surface area contributed by atoms with E-state index in [9.17, 15) is 4.79 Å². The van der Waals surface area contributed by atoms with Gasteiger partial charge in [-0.3, -0.25) is 4.79 Å². The molecule has 0 unspecified atom stereocenters. The smallest absolute Gasteiger partial charge is 0.225 e. The Balaban J connectivity index is 1.98. The van der Waals surface area contributed by atoms with Gasteiger partial charge in [0.2, 0.25) is 5.91 Å². The van der Waals surface area contributed by atoms with Crippen LogP contribution in [-0.2, 0) is 4.79 Å². The van der Waals surface area contributed by atoms with E-state index in [0.29, 0.717) is 11.4 Å². The first-order valence-corrected chi connectivity index (χ1v) is 8.69.